The lowest BCUT2D eigenvalue weighted by Gasteiger charge is -2.10. The van der Waals surface area contributed by atoms with Gasteiger partial charge in [-0.1, -0.05) is 26.0 Å². The monoisotopic (exact) mass is 432 g/mol. The van der Waals surface area contributed by atoms with Gasteiger partial charge in [0.25, 0.3) is 0 Å². The zero-order valence-electron chi connectivity index (χ0n) is 18.0. The highest BCUT2D eigenvalue weighted by molar-refractivity contribution is 5.59. The number of hydrogen-bond acceptors (Lipinski definition) is 3. The Hall–Kier alpha value is -2.89. The van der Waals surface area contributed by atoms with Crippen molar-refractivity contribution >= 4 is 0 Å². The summed E-state index contributed by atoms with van der Waals surface area (Å²) in [4.78, 5) is 0. The van der Waals surface area contributed by atoms with Crippen molar-refractivity contribution in [2.45, 2.75) is 45.7 Å². The first-order valence-corrected chi connectivity index (χ1v) is 10.4. The number of rotatable bonds is 9. The minimum Gasteiger partial charge on any atom is -0.496 e. The molecule has 3 aromatic rings. The minimum absolute atomic E-state index is 0.555. The van der Waals surface area contributed by atoms with Crippen LogP contribution in [-0.4, -0.2) is 13.7 Å². The Labute approximate surface area is 180 Å². The van der Waals surface area contributed by atoms with Crippen molar-refractivity contribution in [3.05, 3.63) is 71.0 Å². The zero-order chi connectivity index (χ0) is 22.4. The third-order valence-corrected chi connectivity index (χ3v) is 5.21. The van der Waals surface area contributed by atoms with Crippen LogP contribution >= 0.6 is 0 Å². The fourth-order valence-electron chi connectivity index (χ4n) is 3.52. The van der Waals surface area contributed by atoms with Crippen molar-refractivity contribution in [3.8, 4) is 22.8 Å². The molecule has 2 aromatic carbocycles. The van der Waals surface area contributed by atoms with Crippen LogP contribution in [0.3, 0.4) is 0 Å². The highest BCUT2D eigenvalue weighted by Gasteiger charge is 2.30. The number of hydrogen-bond donors (Lipinski definition) is 0. The predicted molar refractivity (Wildman–Crippen MR) is 115 cm³/mol. The quantitative estimate of drug-likeness (QED) is 0.338. The van der Waals surface area contributed by atoms with Gasteiger partial charge in [0, 0.05) is 12.0 Å². The van der Waals surface area contributed by atoms with E-state index >= 15 is 0 Å². The van der Waals surface area contributed by atoms with Crippen molar-refractivity contribution in [2.24, 2.45) is 0 Å². The van der Waals surface area contributed by atoms with E-state index < -0.39 is 11.7 Å². The summed E-state index contributed by atoms with van der Waals surface area (Å²) in [6.45, 7) is 4.62. The lowest BCUT2D eigenvalue weighted by molar-refractivity contribution is -0.137. The van der Waals surface area contributed by atoms with E-state index in [1.165, 1.54) is 12.1 Å². The van der Waals surface area contributed by atoms with Gasteiger partial charge in [0.15, 0.2) is 0 Å². The van der Waals surface area contributed by atoms with Crippen LogP contribution in [0.25, 0.3) is 11.3 Å². The zero-order valence-corrected chi connectivity index (χ0v) is 18.0. The van der Waals surface area contributed by atoms with Crippen molar-refractivity contribution in [2.75, 3.05) is 13.7 Å². The second-order valence-corrected chi connectivity index (χ2v) is 7.27. The Morgan fingerprint density at radius 1 is 0.903 bits per heavy atom. The van der Waals surface area contributed by atoms with Gasteiger partial charge in [-0.15, -0.1) is 0 Å². The summed E-state index contributed by atoms with van der Waals surface area (Å²) >= 11 is 0. The average molecular weight is 432 g/mol. The lowest BCUT2D eigenvalue weighted by atomic mass is 10.1. The van der Waals surface area contributed by atoms with E-state index in [9.17, 15) is 13.2 Å². The molecular weight excluding hydrogens is 405 g/mol. The standard InChI is InChI=1S/C25H27F3O3/c1-4-17-15-21(12-13-23(17)29-3)30-14-6-7-19-16-24(31-22(19)5-2)18-8-10-20(11-9-18)25(26,27)28/h8-13,15-16H,4-7,14H2,1-3H3. The molecule has 0 saturated carbocycles. The Morgan fingerprint density at radius 3 is 2.26 bits per heavy atom. The van der Waals surface area contributed by atoms with Crippen molar-refractivity contribution in [1.82, 2.24) is 0 Å². The van der Waals surface area contributed by atoms with E-state index in [1.807, 2.05) is 31.2 Å². The van der Waals surface area contributed by atoms with Gasteiger partial charge < -0.3 is 13.9 Å². The largest absolute Gasteiger partial charge is 0.496 e. The van der Waals surface area contributed by atoms with E-state index in [2.05, 4.69) is 6.92 Å². The Balaban J connectivity index is 1.62. The number of aryl methyl sites for hydroxylation is 3. The Bertz CT molecular complexity index is 988. The number of halogens is 3. The van der Waals surface area contributed by atoms with E-state index in [1.54, 1.807) is 7.11 Å². The third kappa shape index (κ3) is 5.63. The molecule has 6 heteroatoms. The molecule has 1 aromatic heterocycles. The fraction of sp³-hybridized carbons (Fsp3) is 0.360. The summed E-state index contributed by atoms with van der Waals surface area (Å²) in [5.74, 6) is 3.11. The van der Waals surface area contributed by atoms with E-state index in [0.29, 0.717) is 17.9 Å². The van der Waals surface area contributed by atoms with Crippen molar-refractivity contribution < 1.29 is 27.1 Å². The molecule has 0 bridgehead atoms. The maximum absolute atomic E-state index is 12.8. The van der Waals surface area contributed by atoms with Gasteiger partial charge in [0.2, 0.25) is 0 Å². The molecule has 0 radical (unpaired) electrons. The van der Waals surface area contributed by atoms with Crippen LogP contribution in [0.2, 0.25) is 0 Å². The molecule has 31 heavy (non-hydrogen) atoms. The summed E-state index contributed by atoms with van der Waals surface area (Å²) in [6.07, 6.45) is -1.20. The first kappa shape index (κ1) is 22.8. The molecule has 0 saturated heterocycles. The third-order valence-electron chi connectivity index (χ3n) is 5.21. The molecule has 166 valence electrons. The van der Waals surface area contributed by atoms with Crippen molar-refractivity contribution in [1.29, 1.82) is 0 Å². The lowest BCUT2D eigenvalue weighted by Crippen LogP contribution is -2.03. The number of methoxy groups -OCH3 is 1. The summed E-state index contributed by atoms with van der Waals surface area (Å²) in [5.41, 5.74) is 2.13. The van der Waals surface area contributed by atoms with Gasteiger partial charge >= 0.3 is 6.18 Å². The highest BCUT2D eigenvalue weighted by atomic mass is 19.4. The van der Waals surface area contributed by atoms with E-state index in [4.69, 9.17) is 13.9 Å². The van der Waals surface area contributed by atoms with Crippen LogP contribution < -0.4 is 9.47 Å². The van der Waals surface area contributed by atoms with Gasteiger partial charge in [-0.3, -0.25) is 0 Å². The van der Waals surface area contributed by atoms with Gasteiger partial charge in [0.05, 0.1) is 19.3 Å². The second-order valence-electron chi connectivity index (χ2n) is 7.27. The summed E-state index contributed by atoms with van der Waals surface area (Å²) in [5, 5.41) is 0. The van der Waals surface area contributed by atoms with Crippen LogP contribution in [0.15, 0.2) is 52.9 Å². The van der Waals surface area contributed by atoms with Gasteiger partial charge in [-0.2, -0.15) is 13.2 Å². The van der Waals surface area contributed by atoms with Crippen LogP contribution in [0.1, 0.15) is 42.7 Å². The summed E-state index contributed by atoms with van der Waals surface area (Å²) < 4.78 is 55.5. The molecule has 0 unspecified atom stereocenters. The number of ether oxygens (including phenoxy) is 2. The van der Waals surface area contributed by atoms with Crippen LogP contribution in [0.4, 0.5) is 13.2 Å². The maximum atomic E-state index is 12.8. The van der Waals surface area contributed by atoms with Gasteiger partial charge in [-0.05, 0) is 66.8 Å². The maximum Gasteiger partial charge on any atom is 0.416 e. The molecular formula is C25H27F3O3. The summed E-state index contributed by atoms with van der Waals surface area (Å²) in [6, 6.07) is 12.8. The highest BCUT2D eigenvalue weighted by Crippen LogP contribution is 2.32. The number of furan rings is 1. The van der Waals surface area contributed by atoms with Gasteiger partial charge in [-0.25, -0.2) is 0 Å². The molecule has 0 fully saturated rings. The smallest absolute Gasteiger partial charge is 0.416 e. The average Bonchev–Trinajstić information content (AvgIpc) is 3.19. The topological polar surface area (TPSA) is 31.6 Å². The van der Waals surface area contributed by atoms with Crippen LogP contribution in [-0.2, 0) is 25.4 Å². The molecule has 0 spiro atoms. The molecule has 0 aliphatic heterocycles. The predicted octanol–water partition coefficient (Wildman–Crippen LogP) is 7.11. The molecule has 1 heterocycles. The van der Waals surface area contributed by atoms with Crippen molar-refractivity contribution in [3.63, 3.8) is 0 Å². The number of alkyl halides is 3. The first-order valence-electron chi connectivity index (χ1n) is 10.4. The SMILES string of the molecule is CCc1cc(OCCCc2cc(-c3ccc(C(F)(F)F)cc3)oc2CC)ccc1OC. The van der Waals surface area contributed by atoms with Crippen LogP contribution in [0, 0.1) is 0 Å². The Morgan fingerprint density at radius 2 is 1.65 bits per heavy atom. The summed E-state index contributed by atoms with van der Waals surface area (Å²) in [7, 11) is 1.66. The molecule has 0 amide bonds. The second kappa shape index (κ2) is 9.94. The van der Waals surface area contributed by atoms with Gasteiger partial charge in [0.1, 0.15) is 23.0 Å². The minimum atomic E-state index is -4.34. The normalized spacial score (nSPS) is 11.5. The Kier molecular flexibility index (Phi) is 7.31. The number of benzene rings is 2. The molecule has 3 rings (SSSR count). The molecule has 0 atom stereocenters. The van der Waals surface area contributed by atoms with E-state index in [-0.39, 0.29) is 0 Å². The molecule has 0 aliphatic carbocycles. The first-order chi connectivity index (χ1) is 14.9. The molecule has 0 N–H and O–H groups in total. The molecule has 0 aliphatic rings. The fourth-order valence-corrected chi connectivity index (χ4v) is 3.52. The van der Waals surface area contributed by atoms with Crippen LogP contribution in [0.5, 0.6) is 11.5 Å². The van der Waals surface area contributed by atoms with E-state index in [0.717, 1.165) is 66.2 Å². The molecule has 3 nitrogen and oxygen atoms in total.